The third kappa shape index (κ3) is 0.689. The van der Waals surface area contributed by atoms with Crippen LogP contribution in [-0.2, 0) is 0 Å². The first-order valence-electron chi connectivity index (χ1n) is 4.26. The van der Waals surface area contributed by atoms with Gasteiger partial charge in [0.25, 0.3) is 0 Å². The van der Waals surface area contributed by atoms with Crippen LogP contribution in [0.3, 0.4) is 0 Å². The molecule has 10 heavy (non-hydrogen) atoms. The van der Waals surface area contributed by atoms with E-state index in [-0.39, 0.29) is 0 Å². The molecule has 0 spiro atoms. The molecule has 1 heteroatoms. The highest BCUT2D eigenvalue weighted by molar-refractivity contribution is 6.21. The van der Waals surface area contributed by atoms with Gasteiger partial charge in [-0.2, -0.15) is 0 Å². The topological polar surface area (TPSA) is 0 Å². The molecule has 0 unspecified atom stereocenters. The van der Waals surface area contributed by atoms with Crippen LogP contribution in [0.25, 0.3) is 0 Å². The van der Waals surface area contributed by atoms with E-state index in [1.165, 1.54) is 19.3 Å². The van der Waals surface area contributed by atoms with E-state index in [2.05, 4.69) is 13.8 Å². The minimum absolute atomic E-state index is 0.494. The molecule has 0 aliphatic heterocycles. The van der Waals surface area contributed by atoms with Crippen molar-refractivity contribution >= 4 is 11.6 Å². The lowest BCUT2D eigenvalue weighted by Gasteiger charge is -2.24. The van der Waals surface area contributed by atoms with Crippen molar-refractivity contribution in [3.05, 3.63) is 0 Å². The zero-order valence-electron chi connectivity index (χ0n) is 6.73. The molecule has 2 rings (SSSR count). The maximum atomic E-state index is 6.19. The molecular formula is C9H15Cl. The van der Waals surface area contributed by atoms with Crippen LogP contribution in [0, 0.1) is 17.3 Å². The molecule has 0 radical (unpaired) electrons. The van der Waals surface area contributed by atoms with Gasteiger partial charge in [0.05, 0.1) is 0 Å². The summed E-state index contributed by atoms with van der Waals surface area (Å²) in [7, 11) is 0. The lowest BCUT2D eigenvalue weighted by molar-refractivity contribution is 0.260. The Hall–Kier alpha value is 0.290. The highest BCUT2D eigenvalue weighted by Gasteiger charge is 2.52. The molecule has 2 aliphatic carbocycles. The van der Waals surface area contributed by atoms with E-state index in [1.807, 2.05) is 0 Å². The predicted molar refractivity (Wildman–Crippen MR) is 44.3 cm³/mol. The molecule has 0 saturated heterocycles. The Kier molecular flexibility index (Phi) is 1.33. The largest absolute Gasteiger partial charge is 0.123 e. The molecule has 0 aromatic carbocycles. The third-order valence-electron chi connectivity index (χ3n) is 3.78. The second-order valence-corrected chi connectivity index (χ2v) is 5.01. The van der Waals surface area contributed by atoms with Gasteiger partial charge in [-0.15, -0.1) is 11.6 Å². The van der Waals surface area contributed by atoms with Crippen LogP contribution >= 0.6 is 11.6 Å². The molecule has 2 aliphatic rings. The maximum absolute atomic E-state index is 6.19. The summed E-state index contributed by atoms with van der Waals surface area (Å²) in [6.07, 6.45) is 4.09. The van der Waals surface area contributed by atoms with Gasteiger partial charge in [-0.1, -0.05) is 13.8 Å². The average Bonchev–Trinajstić information content (AvgIpc) is 2.20. The Morgan fingerprint density at radius 2 is 2.00 bits per heavy atom. The monoisotopic (exact) mass is 158 g/mol. The lowest BCUT2D eigenvalue weighted by atomic mass is 9.82. The minimum Gasteiger partial charge on any atom is -0.123 e. The Morgan fingerprint density at radius 3 is 2.20 bits per heavy atom. The van der Waals surface area contributed by atoms with Crippen LogP contribution in [0.1, 0.15) is 33.1 Å². The van der Waals surface area contributed by atoms with E-state index in [0.717, 1.165) is 11.8 Å². The minimum atomic E-state index is 0.494. The first-order valence-corrected chi connectivity index (χ1v) is 4.70. The van der Waals surface area contributed by atoms with Crippen molar-refractivity contribution in [2.75, 3.05) is 0 Å². The summed E-state index contributed by atoms with van der Waals surface area (Å²) >= 11 is 6.19. The molecule has 0 heterocycles. The van der Waals surface area contributed by atoms with E-state index < -0.39 is 0 Å². The fourth-order valence-corrected chi connectivity index (χ4v) is 3.60. The Bertz CT molecular complexity index is 151. The Balaban J connectivity index is 2.27. The quantitative estimate of drug-likeness (QED) is 0.476. The van der Waals surface area contributed by atoms with Gasteiger partial charge in [-0.05, 0) is 36.5 Å². The van der Waals surface area contributed by atoms with Crippen LogP contribution in [0.15, 0.2) is 0 Å². The number of hydrogen-bond acceptors (Lipinski definition) is 0. The molecular weight excluding hydrogens is 144 g/mol. The zero-order chi connectivity index (χ0) is 7.35. The second-order valence-electron chi connectivity index (χ2n) is 4.45. The summed E-state index contributed by atoms with van der Waals surface area (Å²) in [6.45, 7) is 4.77. The van der Waals surface area contributed by atoms with Gasteiger partial charge >= 0.3 is 0 Å². The van der Waals surface area contributed by atoms with Crippen molar-refractivity contribution < 1.29 is 0 Å². The number of fused-ring (bicyclic) bond motifs is 2. The summed E-state index contributed by atoms with van der Waals surface area (Å²) in [5.74, 6) is 1.75. The van der Waals surface area contributed by atoms with Crippen molar-refractivity contribution in [3.8, 4) is 0 Å². The van der Waals surface area contributed by atoms with Crippen LogP contribution in [-0.4, -0.2) is 5.38 Å². The molecule has 58 valence electrons. The van der Waals surface area contributed by atoms with Crippen LogP contribution in [0.2, 0.25) is 0 Å². The van der Waals surface area contributed by atoms with Gasteiger partial charge in [-0.25, -0.2) is 0 Å². The molecule has 0 amide bonds. The first-order chi connectivity index (χ1) is 4.62. The smallest absolute Gasteiger partial charge is 0.0372 e. The van der Waals surface area contributed by atoms with Crippen molar-refractivity contribution in [3.63, 3.8) is 0 Å². The molecule has 2 bridgehead atoms. The molecule has 2 fully saturated rings. The highest BCUT2D eigenvalue weighted by Crippen LogP contribution is 2.58. The van der Waals surface area contributed by atoms with E-state index in [9.17, 15) is 0 Å². The van der Waals surface area contributed by atoms with Gasteiger partial charge in [0.2, 0.25) is 0 Å². The van der Waals surface area contributed by atoms with Crippen molar-refractivity contribution in [2.45, 2.75) is 38.5 Å². The van der Waals surface area contributed by atoms with E-state index in [1.54, 1.807) is 0 Å². The standard InChI is InChI=1S/C9H15Cl/c1-9(2)6-3-4-7(9)8(10)5-6/h6-8H,3-5H2,1-2H3/t6-,7+,8-/m0/s1. The summed E-state index contributed by atoms with van der Waals surface area (Å²) in [5, 5.41) is 0.494. The van der Waals surface area contributed by atoms with Gasteiger partial charge < -0.3 is 0 Å². The number of alkyl halides is 1. The number of halogens is 1. The molecule has 0 aromatic rings. The molecule has 3 atom stereocenters. The lowest BCUT2D eigenvalue weighted by Crippen LogP contribution is -2.19. The molecule has 0 aromatic heterocycles. The maximum Gasteiger partial charge on any atom is 0.0372 e. The fraction of sp³-hybridized carbons (Fsp3) is 1.00. The first kappa shape index (κ1) is 6.97. The van der Waals surface area contributed by atoms with Gasteiger partial charge in [0.1, 0.15) is 0 Å². The Morgan fingerprint density at radius 1 is 1.30 bits per heavy atom. The van der Waals surface area contributed by atoms with Crippen molar-refractivity contribution in [2.24, 2.45) is 17.3 Å². The highest BCUT2D eigenvalue weighted by atomic mass is 35.5. The molecule has 2 saturated carbocycles. The average molecular weight is 159 g/mol. The molecule has 0 N–H and O–H groups in total. The predicted octanol–water partition coefficient (Wildman–Crippen LogP) is 3.05. The van der Waals surface area contributed by atoms with E-state index in [4.69, 9.17) is 11.6 Å². The normalized spacial score (nSPS) is 50.1. The zero-order valence-corrected chi connectivity index (χ0v) is 7.49. The summed E-state index contributed by atoms with van der Waals surface area (Å²) < 4.78 is 0. The van der Waals surface area contributed by atoms with E-state index >= 15 is 0 Å². The van der Waals surface area contributed by atoms with E-state index in [0.29, 0.717) is 10.8 Å². The van der Waals surface area contributed by atoms with Gasteiger partial charge in [-0.3, -0.25) is 0 Å². The van der Waals surface area contributed by atoms with Crippen LogP contribution in [0.5, 0.6) is 0 Å². The van der Waals surface area contributed by atoms with Crippen LogP contribution in [0.4, 0.5) is 0 Å². The summed E-state index contributed by atoms with van der Waals surface area (Å²) in [6, 6.07) is 0. The fourth-order valence-electron chi connectivity index (χ4n) is 2.93. The summed E-state index contributed by atoms with van der Waals surface area (Å²) in [4.78, 5) is 0. The SMILES string of the molecule is CC1(C)[C@H]2CC[C@@H]1[C@@H](Cl)C2. The molecule has 0 nitrogen and oxygen atoms in total. The Labute approximate surface area is 68.0 Å². The second kappa shape index (κ2) is 1.91. The van der Waals surface area contributed by atoms with Crippen LogP contribution < -0.4 is 0 Å². The van der Waals surface area contributed by atoms with Gasteiger partial charge in [0.15, 0.2) is 0 Å². The third-order valence-corrected chi connectivity index (χ3v) is 4.26. The van der Waals surface area contributed by atoms with Gasteiger partial charge in [0, 0.05) is 5.38 Å². The number of rotatable bonds is 0. The van der Waals surface area contributed by atoms with Crippen molar-refractivity contribution in [1.82, 2.24) is 0 Å². The van der Waals surface area contributed by atoms with Crippen molar-refractivity contribution in [1.29, 1.82) is 0 Å². The summed E-state index contributed by atoms with van der Waals surface area (Å²) in [5.41, 5.74) is 0.562. The number of hydrogen-bond donors (Lipinski definition) is 0.